The van der Waals surface area contributed by atoms with Crippen molar-refractivity contribution in [3.05, 3.63) is 30.1 Å². The van der Waals surface area contributed by atoms with Gasteiger partial charge < -0.3 is 0 Å². The van der Waals surface area contributed by atoms with Gasteiger partial charge in [0.2, 0.25) is 0 Å². The Morgan fingerprint density at radius 3 is 2.69 bits per heavy atom. The molecule has 0 amide bonds. The molecule has 0 spiro atoms. The molecule has 2 fully saturated rings. The molecule has 0 radical (unpaired) electrons. The molecule has 1 aromatic rings. The average molecular weight is 215 g/mol. The highest BCUT2D eigenvalue weighted by atomic mass is 16.1. The Balaban J connectivity index is 1.70. The van der Waals surface area contributed by atoms with Gasteiger partial charge in [0, 0.05) is 12.1 Å². The summed E-state index contributed by atoms with van der Waals surface area (Å²) in [4.78, 5) is 16.6. The minimum Gasteiger partial charge on any atom is -0.299 e. The van der Waals surface area contributed by atoms with Gasteiger partial charge in [-0.25, -0.2) is 0 Å². The van der Waals surface area contributed by atoms with E-state index in [1.807, 2.05) is 25.1 Å². The molecule has 3 rings (SSSR count). The van der Waals surface area contributed by atoms with Crippen molar-refractivity contribution < 1.29 is 4.79 Å². The standard InChI is InChI=1S/C14H17NO/c1-9(13-4-2-3-5-15-13)14(16)12-7-10-6-11(10)8-12/h2-5,9-12H,6-8H2,1H3. The fourth-order valence-corrected chi connectivity index (χ4v) is 3.08. The highest BCUT2D eigenvalue weighted by Gasteiger charge is 2.48. The Hall–Kier alpha value is -1.18. The minimum atomic E-state index is -0.0244. The van der Waals surface area contributed by atoms with Crippen LogP contribution in [0, 0.1) is 17.8 Å². The molecule has 1 aromatic heterocycles. The molecule has 3 atom stereocenters. The largest absolute Gasteiger partial charge is 0.299 e. The number of aromatic nitrogens is 1. The summed E-state index contributed by atoms with van der Waals surface area (Å²) < 4.78 is 0. The predicted octanol–water partition coefficient (Wildman–Crippen LogP) is 2.80. The van der Waals surface area contributed by atoms with Crippen LogP contribution in [0.2, 0.25) is 0 Å². The molecule has 84 valence electrons. The molecule has 2 aliphatic rings. The number of hydrogen-bond donors (Lipinski definition) is 0. The summed E-state index contributed by atoms with van der Waals surface area (Å²) in [5.41, 5.74) is 0.924. The summed E-state index contributed by atoms with van der Waals surface area (Å²) in [7, 11) is 0. The number of hydrogen-bond acceptors (Lipinski definition) is 2. The number of carbonyl (C=O) groups excluding carboxylic acids is 1. The van der Waals surface area contributed by atoms with Crippen molar-refractivity contribution >= 4 is 5.78 Å². The number of fused-ring (bicyclic) bond motifs is 1. The summed E-state index contributed by atoms with van der Waals surface area (Å²) in [6, 6.07) is 5.81. The van der Waals surface area contributed by atoms with Gasteiger partial charge in [0.15, 0.2) is 0 Å². The SMILES string of the molecule is CC(C(=O)C1CC2CC2C1)c1ccccn1. The molecule has 16 heavy (non-hydrogen) atoms. The lowest BCUT2D eigenvalue weighted by atomic mass is 9.88. The topological polar surface area (TPSA) is 30.0 Å². The van der Waals surface area contributed by atoms with Crippen LogP contribution in [0.3, 0.4) is 0 Å². The van der Waals surface area contributed by atoms with Crippen LogP contribution < -0.4 is 0 Å². The maximum absolute atomic E-state index is 12.3. The van der Waals surface area contributed by atoms with Gasteiger partial charge in [-0.15, -0.1) is 0 Å². The van der Waals surface area contributed by atoms with E-state index in [0.717, 1.165) is 30.4 Å². The van der Waals surface area contributed by atoms with E-state index in [9.17, 15) is 4.79 Å². The first-order chi connectivity index (χ1) is 7.75. The van der Waals surface area contributed by atoms with Crippen molar-refractivity contribution in [3.8, 4) is 0 Å². The van der Waals surface area contributed by atoms with Gasteiger partial charge in [-0.2, -0.15) is 0 Å². The first kappa shape index (κ1) is 10.0. The number of carbonyl (C=O) groups is 1. The van der Waals surface area contributed by atoms with Crippen LogP contribution in [0.25, 0.3) is 0 Å². The summed E-state index contributed by atoms with van der Waals surface area (Å²) in [6.07, 6.45) is 5.42. The third kappa shape index (κ3) is 1.66. The van der Waals surface area contributed by atoms with Crippen molar-refractivity contribution in [2.45, 2.75) is 32.1 Å². The van der Waals surface area contributed by atoms with Crippen LogP contribution in [-0.2, 0) is 4.79 Å². The first-order valence-electron chi connectivity index (χ1n) is 6.20. The molecule has 0 bridgehead atoms. The molecule has 0 saturated heterocycles. The second-order valence-electron chi connectivity index (χ2n) is 5.30. The van der Waals surface area contributed by atoms with Gasteiger partial charge in [-0.1, -0.05) is 6.07 Å². The van der Waals surface area contributed by atoms with Gasteiger partial charge in [-0.3, -0.25) is 9.78 Å². The van der Waals surface area contributed by atoms with Crippen molar-refractivity contribution in [1.82, 2.24) is 4.98 Å². The van der Waals surface area contributed by atoms with Crippen molar-refractivity contribution in [2.24, 2.45) is 17.8 Å². The highest BCUT2D eigenvalue weighted by Crippen LogP contribution is 2.55. The van der Waals surface area contributed by atoms with E-state index in [-0.39, 0.29) is 5.92 Å². The Morgan fingerprint density at radius 2 is 2.06 bits per heavy atom. The zero-order chi connectivity index (χ0) is 11.1. The van der Waals surface area contributed by atoms with E-state index in [2.05, 4.69) is 4.98 Å². The Labute approximate surface area is 96.1 Å². The molecular weight excluding hydrogens is 198 g/mol. The maximum Gasteiger partial charge on any atom is 0.144 e. The number of rotatable bonds is 3. The lowest BCUT2D eigenvalue weighted by Crippen LogP contribution is -2.19. The molecule has 0 aromatic carbocycles. The summed E-state index contributed by atoms with van der Waals surface area (Å²) in [5, 5.41) is 0. The minimum absolute atomic E-state index is 0.0244. The van der Waals surface area contributed by atoms with E-state index in [4.69, 9.17) is 0 Å². The third-order valence-electron chi connectivity index (χ3n) is 4.20. The van der Waals surface area contributed by atoms with E-state index >= 15 is 0 Å². The normalized spacial score (nSPS) is 33.2. The van der Waals surface area contributed by atoms with Gasteiger partial charge in [0.1, 0.15) is 5.78 Å². The number of pyridine rings is 1. The molecule has 0 N–H and O–H groups in total. The fraction of sp³-hybridized carbons (Fsp3) is 0.571. The summed E-state index contributed by atoms with van der Waals surface area (Å²) in [5.74, 6) is 2.46. The molecule has 0 aliphatic heterocycles. The molecular formula is C14H17NO. The van der Waals surface area contributed by atoms with Crippen LogP contribution in [-0.4, -0.2) is 10.8 Å². The first-order valence-corrected chi connectivity index (χ1v) is 6.20. The Bertz CT molecular complexity index is 390. The maximum atomic E-state index is 12.3. The van der Waals surface area contributed by atoms with Gasteiger partial charge in [-0.05, 0) is 50.2 Å². The second-order valence-corrected chi connectivity index (χ2v) is 5.30. The molecule has 2 heteroatoms. The Morgan fingerprint density at radius 1 is 1.31 bits per heavy atom. The average Bonchev–Trinajstić information content (AvgIpc) is 2.95. The summed E-state index contributed by atoms with van der Waals surface area (Å²) >= 11 is 0. The zero-order valence-electron chi connectivity index (χ0n) is 9.60. The quantitative estimate of drug-likeness (QED) is 0.776. The number of ketones is 1. The monoisotopic (exact) mass is 215 g/mol. The predicted molar refractivity (Wildman–Crippen MR) is 62.0 cm³/mol. The summed E-state index contributed by atoms with van der Waals surface area (Å²) in [6.45, 7) is 1.99. The van der Waals surface area contributed by atoms with Gasteiger partial charge in [0.05, 0.1) is 11.6 Å². The van der Waals surface area contributed by atoms with Gasteiger partial charge >= 0.3 is 0 Å². The van der Waals surface area contributed by atoms with Crippen LogP contribution >= 0.6 is 0 Å². The molecule has 2 nitrogen and oxygen atoms in total. The molecule has 2 aliphatic carbocycles. The van der Waals surface area contributed by atoms with E-state index in [0.29, 0.717) is 11.7 Å². The smallest absolute Gasteiger partial charge is 0.144 e. The van der Waals surface area contributed by atoms with Crippen molar-refractivity contribution in [1.29, 1.82) is 0 Å². The van der Waals surface area contributed by atoms with E-state index in [1.54, 1.807) is 6.20 Å². The van der Waals surface area contributed by atoms with Crippen LogP contribution in [0.4, 0.5) is 0 Å². The fourth-order valence-electron chi connectivity index (χ4n) is 3.08. The zero-order valence-corrected chi connectivity index (χ0v) is 9.60. The molecule has 2 saturated carbocycles. The van der Waals surface area contributed by atoms with Crippen LogP contribution in [0.1, 0.15) is 37.8 Å². The number of nitrogens with zero attached hydrogens (tertiary/aromatic N) is 1. The second kappa shape index (κ2) is 3.69. The molecule has 3 unspecified atom stereocenters. The van der Waals surface area contributed by atoms with E-state index in [1.165, 1.54) is 6.42 Å². The highest BCUT2D eigenvalue weighted by molar-refractivity contribution is 5.87. The lowest BCUT2D eigenvalue weighted by molar-refractivity contribution is -0.124. The van der Waals surface area contributed by atoms with Crippen LogP contribution in [0.15, 0.2) is 24.4 Å². The van der Waals surface area contributed by atoms with Crippen molar-refractivity contribution in [3.63, 3.8) is 0 Å². The van der Waals surface area contributed by atoms with Crippen LogP contribution in [0.5, 0.6) is 0 Å². The number of Topliss-reactive ketones (excluding diaryl/α,β-unsaturated/α-hetero) is 1. The molecule has 1 heterocycles. The third-order valence-corrected chi connectivity index (χ3v) is 4.20. The van der Waals surface area contributed by atoms with E-state index < -0.39 is 0 Å². The van der Waals surface area contributed by atoms with Gasteiger partial charge in [0.25, 0.3) is 0 Å². The Kier molecular flexibility index (Phi) is 2.31. The van der Waals surface area contributed by atoms with Crippen molar-refractivity contribution in [2.75, 3.05) is 0 Å². The lowest BCUT2D eigenvalue weighted by Gasteiger charge is -2.16.